The Morgan fingerprint density at radius 2 is 1.88 bits per heavy atom. The Labute approximate surface area is 141 Å². The molecular formula is C17H22N4O3. The number of anilines is 1. The number of benzene rings is 1. The van der Waals surface area contributed by atoms with Gasteiger partial charge in [0, 0.05) is 38.9 Å². The first-order valence-electron chi connectivity index (χ1n) is 8.16. The standard InChI is InChI=1S/C17H22N4O3/c1-12-16(23)19(2)9-10-20(12)15(22)11-13-3-5-14(6-4-13)21-8-7-18-17(21)24/h3-6,12H,7-11H2,1-2H3,(H,18,24)/t12-/m0/s1. The summed E-state index contributed by atoms with van der Waals surface area (Å²) in [6, 6.07) is 6.92. The largest absolute Gasteiger partial charge is 0.342 e. The summed E-state index contributed by atoms with van der Waals surface area (Å²) in [6.07, 6.45) is 0.258. The fourth-order valence-corrected chi connectivity index (χ4v) is 3.14. The lowest BCUT2D eigenvalue weighted by Crippen LogP contribution is -2.56. The van der Waals surface area contributed by atoms with Crippen LogP contribution in [0, 0.1) is 0 Å². The summed E-state index contributed by atoms with van der Waals surface area (Å²) in [5.74, 6) is -0.0689. The first kappa shape index (κ1) is 16.3. The number of nitrogens with one attached hydrogen (secondary N) is 1. The Hall–Kier alpha value is -2.57. The van der Waals surface area contributed by atoms with Crippen molar-refractivity contribution in [2.75, 3.05) is 38.1 Å². The van der Waals surface area contributed by atoms with E-state index in [1.807, 2.05) is 24.3 Å². The van der Waals surface area contributed by atoms with Crippen LogP contribution in [0.15, 0.2) is 24.3 Å². The van der Waals surface area contributed by atoms with Crippen molar-refractivity contribution in [2.45, 2.75) is 19.4 Å². The van der Waals surface area contributed by atoms with E-state index in [0.29, 0.717) is 26.2 Å². The van der Waals surface area contributed by atoms with Crippen molar-refractivity contribution < 1.29 is 14.4 Å². The van der Waals surface area contributed by atoms with E-state index in [1.165, 1.54) is 0 Å². The van der Waals surface area contributed by atoms with Crippen molar-refractivity contribution in [3.05, 3.63) is 29.8 Å². The van der Waals surface area contributed by atoms with Crippen molar-refractivity contribution in [1.29, 1.82) is 0 Å². The number of hydrogen-bond donors (Lipinski definition) is 1. The minimum absolute atomic E-state index is 0.0232. The molecule has 0 spiro atoms. The topological polar surface area (TPSA) is 73.0 Å². The summed E-state index contributed by atoms with van der Waals surface area (Å²) in [6.45, 7) is 4.20. The van der Waals surface area contributed by atoms with Gasteiger partial charge in [-0.15, -0.1) is 0 Å². The molecule has 2 fully saturated rings. The highest BCUT2D eigenvalue weighted by Crippen LogP contribution is 2.18. The second-order valence-corrected chi connectivity index (χ2v) is 6.25. The van der Waals surface area contributed by atoms with Gasteiger partial charge in [0.15, 0.2) is 0 Å². The number of carbonyl (C=O) groups is 3. The third-order valence-corrected chi connectivity index (χ3v) is 4.66. The number of rotatable bonds is 3. The zero-order chi connectivity index (χ0) is 17.3. The van der Waals surface area contributed by atoms with Crippen molar-refractivity contribution in [2.24, 2.45) is 0 Å². The smallest absolute Gasteiger partial charge is 0.321 e. The Morgan fingerprint density at radius 3 is 2.50 bits per heavy atom. The highest BCUT2D eigenvalue weighted by atomic mass is 16.2. The van der Waals surface area contributed by atoms with Crippen molar-refractivity contribution in [3.8, 4) is 0 Å². The van der Waals surface area contributed by atoms with E-state index in [1.54, 1.807) is 28.7 Å². The van der Waals surface area contributed by atoms with Gasteiger partial charge in [0.2, 0.25) is 11.8 Å². The molecule has 7 nitrogen and oxygen atoms in total. The number of hydrogen-bond acceptors (Lipinski definition) is 3. The van der Waals surface area contributed by atoms with Gasteiger partial charge in [-0.2, -0.15) is 0 Å². The second kappa shape index (κ2) is 6.51. The highest BCUT2D eigenvalue weighted by Gasteiger charge is 2.32. The maximum absolute atomic E-state index is 12.5. The van der Waals surface area contributed by atoms with E-state index >= 15 is 0 Å². The zero-order valence-corrected chi connectivity index (χ0v) is 14.0. The molecule has 0 bridgehead atoms. The van der Waals surface area contributed by atoms with Gasteiger partial charge in [0.1, 0.15) is 6.04 Å². The van der Waals surface area contributed by atoms with Crippen LogP contribution in [-0.4, -0.2) is 66.9 Å². The van der Waals surface area contributed by atoms with Crippen LogP contribution in [0.3, 0.4) is 0 Å². The molecule has 0 saturated carbocycles. The van der Waals surface area contributed by atoms with Gasteiger partial charge in [0.25, 0.3) is 0 Å². The summed E-state index contributed by atoms with van der Waals surface area (Å²) in [4.78, 5) is 41.1. The molecule has 0 unspecified atom stereocenters. The van der Waals surface area contributed by atoms with E-state index in [-0.39, 0.29) is 24.3 Å². The van der Waals surface area contributed by atoms with Crippen LogP contribution in [0.2, 0.25) is 0 Å². The molecule has 0 radical (unpaired) electrons. The fraction of sp³-hybridized carbons (Fsp3) is 0.471. The SMILES string of the molecule is C[C@H]1C(=O)N(C)CCN1C(=O)Cc1ccc(N2CCNC2=O)cc1. The van der Waals surface area contributed by atoms with E-state index in [9.17, 15) is 14.4 Å². The van der Waals surface area contributed by atoms with Gasteiger partial charge < -0.3 is 15.1 Å². The number of amides is 4. The maximum Gasteiger partial charge on any atom is 0.321 e. The van der Waals surface area contributed by atoms with Crippen LogP contribution in [0.1, 0.15) is 12.5 Å². The number of urea groups is 1. The van der Waals surface area contributed by atoms with Gasteiger partial charge in [-0.25, -0.2) is 4.79 Å². The van der Waals surface area contributed by atoms with Crippen molar-refractivity contribution in [3.63, 3.8) is 0 Å². The average Bonchev–Trinajstić information content (AvgIpc) is 2.99. The first-order valence-corrected chi connectivity index (χ1v) is 8.16. The van der Waals surface area contributed by atoms with Crippen LogP contribution in [0.4, 0.5) is 10.5 Å². The number of piperazine rings is 1. The van der Waals surface area contributed by atoms with E-state index in [4.69, 9.17) is 0 Å². The molecule has 1 aromatic rings. The molecule has 128 valence electrons. The summed E-state index contributed by atoms with van der Waals surface area (Å²) in [5.41, 5.74) is 1.70. The monoisotopic (exact) mass is 330 g/mol. The molecule has 2 heterocycles. The van der Waals surface area contributed by atoms with Crippen LogP contribution in [0.25, 0.3) is 0 Å². The van der Waals surface area contributed by atoms with E-state index in [0.717, 1.165) is 11.3 Å². The van der Waals surface area contributed by atoms with E-state index < -0.39 is 6.04 Å². The first-order chi connectivity index (χ1) is 11.5. The van der Waals surface area contributed by atoms with Crippen molar-refractivity contribution in [1.82, 2.24) is 15.1 Å². The summed E-state index contributed by atoms with van der Waals surface area (Å²) in [5, 5.41) is 2.76. The van der Waals surface area contributed by atoms with Crippen LogP contribution >= 0.6 is 0 Å². The van der Waals surface area contributed by atoms with Gasteiger partial charge in [-0.3, -0.25) is 14.5 Å². The molecule has 1 aromatic carbocycles. The third-order valence-electron chi connectivity index (χ3n) is 4.66. The van der Waals surface area contributed by atoms with Crippen LogP contribution in [-0.2, 0) is 16.0 Å². The van der Waals surface area contributed by atoms with Gasteiger partial charge in [-0.05, 0) is 24.6 Å². The predicted molar refractivity (Wildman–Crippen MR) is 89.7 cm³/mol. The minimum atomic E-state index is -0.413. The summed E-state index contributed by atoms with van der Waals surface area (Å²) >= 11 is 0. The van der Waals surface area contributed by atoms with Gasteiger partial charge in [0.05, 0.1) is 6.42 Å². The summed E-state index contributed by atoms with van der Waals surface area (Å²) < 4.78 is 0. The fourth-order valence-electron chi connectivity index (χ4n) is 3.14. The maximum atomic E-state index is 12.5. The molecule has 1 N–H and O–H groups in total. The summed E-state index contributed by atoms with van der Waals surface area (Å²) in [7, 11) is 1.76. The molecule has 0 aromatic heterocycles. The molecule has 24 heavy (non-hydrogen) atoms. The highest BCUT2D eigenvalue weighted by molar-refractivity contribution is 5.94. The minimum Gasteiger partial charge on any atom is -0.342 e. The number of likely N-dealkylation sites (N-methyl/N-ethyl adjacent to an activating group) is 1. The molecule has 2 saturated heterocycles. The van der Waals surface area contributed by atoms with Crippen molar-refractivity contribution >= 4 is 23.5 Å². The van der Waals surface area contributed by atoms with Gasteiger partial charge >= 0.3 is 6.03 Å². The normalized spacial score (nSPS) is 21.2. The lowest BCUT2D eigenvalue weighted by molar-refractivity contribution is -0.149. The molecule has 4 amide bonds. The molecular weight excluding hydrogens is 308 g/mol. The van der Waals surface area contributed by atoms with Crippen LogP contribution in [0.5, 0.6) is 0 Å². The van der Waals surface area contributed by atoms with E-state index in [2.05, 4.69) is 5.32 Å². The zero-order valence-electron chi connectivity index (χ0n) is 14.0. The molecule has 7 heteroatoms. The predicted octanol–water partition coefficient (Wildman–Crippen LogP) is 0.448. The van der Waals surface area contributed by atoms with Gasteiger partial charge in [-0.1, -0.05) is 12.1 Å². The second-order valence-electron chi connectivity index (χ2n) is 6.25. The molecule has 1 atom stereocenters. The Bertz CT molecular complexity index is 658. The average molecular weight is 330 g/mol. The molecule has 2 aliphatic rings. The Kier molecular flexibility index (Phi) is 4.42. The Morgan fingerprint density at radius 1 is 1.17 bits per heavy atom. The Balaban J connectivity index is 1.64. The van der Waals surface area contributed by atoms with Crippen LogP contribution < -0.4 is 10.2 Å². The third kappa shape index (κ3) is 3.06. The number of carbonyl (C=O) groups excluding carboxylic acids is 3. The quantitative estimate of drug-likeness (QED) is 0.874. The molecule has 0 aliphatic carbocycles. The lowest BCUT2D eigenvalue weighted by atomic mass is 10.1. The lowest BCUT2D eigenvalue weighted by Gasteiger charge is -2.37. The number of nitrogens with zero attached hydrogens (tertiary/aromatic N) is 3. The molecule has 2 aliphatic heterocycles. The molecule has 3 rings (SSSR count).